The van der Waals surface area contributed by atoms with E-state index in [4.69, 9.17) is 9.84 Å². The van der Waals surface area contributed by atoms with E-state index in [0.717, 1.165) is 35.1 Å². The van der Waals surface area contributed by atoms with Gasteiger partial charge >= 0.3 is 12.1 Å². The summed E-state index contributed by atoms with van der Waals surface area (Å²) >= 11 is 0. The van der Waals surface area contributed by atoms with Crippen molar-refractivity contribution >= 4 is 18.0 Å². The van der Waals surface area contributed by atoms with Crippen molar-refractivity contribution in [2.75, 3.05) is 13.2 Å². The second-order valence-electron chi connectivity index (χ2n) is 8.85. The minimum atomic E-state index is -0.825. The highest BCUT2D eigenvalue weighted by molar-refractivity contribution is 5.86. The lowest BCUT2D eigenvalue weighted by Crippen LogP contribution is -2.47. The molecule has 0 heterocycles. The monoisotopic (exact) mass is 450 g/mol. The molecule has 0 spiro atoms. The highest BCUT2D eigenvalue weighted by Gasteiger charge is 2.43. The second kappa shape index (κ2) is 10.1. The smallest absolute Gasteiger partial charge is 0.407 e. The van der Waals surface area contributed by atoms with Crippen molar-refractivity contribution in [3.8, 4) is 11.1 Å². The van der Waals surface area contributed by atoms with Gasteiger partial charge in [0.15, 0.2) is 0 Å². The van der Waals surface area contributed by atoms with Gasteiger partial charge in [-0.15, -0.1) is 0 Å². The van der Waals surface area contributed by atoms with Crippen LogP contribution >= 0.6 is 0 Å². The Morgan fingerprint density at radius 3 is 2.27 bits per heavy atom. The maximum Gasteiger partial charge on any atom is 0.407 e. The van der Waals surface area contributed by atoms with Gasteiger partial charge in [0.1, 0.15) is 12.6 Å². The largest absolute Gasteiger partial charge is 0.481 e. The van der Waals surface area contributed by atoms with Gasteiger partial charge in [0, 0.05) is 12.5 Å². The Labute approximate surface area is 193 Å². The Morgan fingerprint density at radius 1 is 1.06 bits per heavy atom. The number of rotatable bonds is 10. The van der Waals surface area contributed by atoms with E-state index in [1.165, 1.54) is 0 Å². The number of carbonyl (C=O) groups is 3. The standard InChI is InChI=1S/C26H30N2O5/c1-2-3-12-23(24(29)27-14-16-13-21(16)25(30)31)28-26(32)33-15-22-19-10-6-4-8-17(19)18-9-5-7-11-20(18)22/h4-11,16,21-23H,2-3,12-15H2,1H3,(H,27,29)(H,28,32)(H,30,31)/t16-,21-,23-/m0/s1. The molecule has 2 aromatic rings. The van der Waals surface area contributed by atoms with Crippen molar-refractivity contribution in [3.05, 3.63) is 59.7 Å². The second-order valence-corrected chi connectivity index (χ2v) is 8.85. The molecular weight excluding hydrogens is 420 g/mol. The van der Waals surface area contributed by atoms with Gasteiger partial charge in [0.2, 0.25) is 5.91 Å². The van der Waals surface area contributed by atoms with Crippen molar-refractivity contribution in [1.29, 1.82) is 0 Å². The van der Waals surface area contributed by atoms with Crippen molar-refractivity contribution in [2.24, 2.45) is 11.8 Å². The van der Waals surface area contributed by atoms with Gasteiger partial charge in [-0.2, -0.15) is 0 Å². The Morgan fingerprint density at radius 2 is 1.70 bits per heavy atom. The lowest BCUT2D eigenvalue weighted by Gasteiger charge is -2.19. The number of fused-ring (bicyclic) bond motifs is 3. The summed E-state index contributed by atoms with van der Waals surface area (Å²) < 4.78 is 5.58. The van der Waals surface area contributed by atoms with Crippen LogP contribution in [0.4, 0.5) is 4.79 Å². The number of carboxylic acids is 1. The normalized spacial score (nSPS) is 19.2. The van der Waals surface area contributed by atoms with Crippen molar-refractivity contribution < 1.29 is 24.2 Å². The van der Waals surface area contributed by atoms with Crippen LogP contribution in [0.15, 0.2) is 48.5 Å². The summed E-state index contributed by atoms with van der Waals surface area (Å²) in [4.78, 5) is 36.2. The highest BCUT2D eigenvalue weighted by Crippen LogP contribution is 2.44. The lowest BCUT2D eigenvalue weighted by atomic mass is 9.98. The predicted octanol–water partition coefficient (Wildman–Crippen LogP) is 3.92. The topological polar surface area (TPSA) is 105 Å². The average Bonchev–Trinajstić information content (AvgIpc) is 3.54. The molecule has 0 aromatic heterocycles. The number of ether oxygens (including phenoxy) is 1. The third kappa shape index (κ3) is 5.18. The van der Waals surface area contributed by atoms with E-state index in [1.807, 2.05) is 31.2 Å². The van der Waals surface area contributed by atoms with Crippen LogP contribution in [0.2, 0.25) is 0 Å². The van der Waals surface area contributed by atoms with Crippen LogP contribution < -0.4 is 10.6 Å². The average molecular weight is 451 g/mol. The minimum absolute atomic E-state index is 0.0345. The fraction of sp³-hybridized carbons (Fsp3) is 0.423. The van der Waals surface area contributed by atoms with Gasteiger partial charge in [-0.1, -0.05) is 68.3 Å². The predicted molar refractivity (Wildman–Crippen MR) is 124 cm³/mol. The van der Waals surface area contributed by atoms with Gasteiger partial charge in [-0.3, -0.25) is 9.59 Å². The van der Waals surface area contributed by atoms with Gasteiger partial charge < -0.3 is 20.5 Å². The first-order valence-electron chi connectivity index (χ1n) is 11.6. The number of carboxylic acid groups (broad SMARTS) is 1. The number of nitrogens with one attached hydrogen (secondary N) is 2. The van der Waals surface area contributed by atoms with Crippen LogP contribution in [-0.2, 0) is 14.3 Å². The van der Waals surface area contributed by atoms with E-state index in [9.17, 15) is 14.4 Å². The molecule has 33 heavy (non-hydrogen) atoms. The maximum atomic E-state index is 12.7. The number of aliphatic carboxylic acids is 1. The van der Waals surface area contributed by atoms with E-state index in [-0.39, 0.29) is 30.3 Å². The summed E-state index contributed by atoms with van der Waals surface area (Å²) in [5.41, 5.74) is 4.57. The molecule has 0 unspecified atom stereocenters. The summed E-state index contributed by atoms with van der Waals surface area (Å²) in [6.45, 7) is 2.51. The van der Waals surface area contributed by atoms with Gasteiger partial charge in [0.25, 0.3) is 0 Å². The van der Waals surface area contributed by atoms with E-state index in [2.05, 4.69) is 34.9 Å². The summed E-state index contributed by atoms with van der Waals surface area (Å²) in [5, 5.41) is 14.5. The number of alkyl carbamates (subject to hydrolysis) is 1. The van der Waals surface area contributed by atoms with Gasteiger partial charge in [-0.25, -0.2) is 4.79 Å². The van der Waals surface area contributed by atoms with E-state index < -0.39 is 18.1 Å². The molecule has 174 valence electrons. The molecular formula is C26H30N2O5. The molecule has 7 heteroatoms. The van der Waals surface area contributed by atoms with Crippen LogP contribution in [0.25, 0.3) is 11.1 Å². The molecule has 1 saturated carbocycles. The van der Waals surface area contributed by atoms with Crippen molar-refractivity contribution in [3.63, 3.8) is 0 Å². The molecule has 3 atom stereocenters. The Balaban J connectivity index is 1.34. The number of benzene rings is 2. The molecule has 0 aliphatic heterocycles. The number of hydrogen-bond donors (Lipinski definition) is 3. The molecule has 0 bridgehead atoms. The Hall–Kier alpha value is -3.35. The Bertz CT molecular complexity index is 991. The van der Waals surface area contributed by atoms with Crippen LogP contribution in [0, 0.1) is 11.8 Å². The molecule has 1 fully saturated rings. The van der Waals surface area contributed by atoms with Crippen LogP contribution in [0.3, 0.4) is 0 Å². The SMILES string of the molecule is CCCC[C@H](NC(=O)OCC1c2ccccc2-c2ccccc21)C(=O)NC[C@@H]1C[C@@H]1C(=O)O. The summed E-state index contributed by atoms with van der Waals surface area (Å²) in [6.07, 6.45) is 2.13. The van der Waals surface area contributed by atoms with E-state index in [1.54, 1.807) is 0 Å². The molecule has 2 aliphatic carbocycles. The van der Waals surface area contributed by atoms with Crippen LogP contribution in [0.1, 0.15) is 49.7 Å². The first-order chi connectivity index (χ1) is 16.0. The summed E-state index contributed by atoms with van der Waals surface area (Å²) in [5.74, 6) is -1.59. The van der Waals surface area contributed by atoms with Crippen molar-refractivity contribution in [2.45, 2.75) is 44.6 Å². The summed E-state index contributed by atoms with van der Waals surface area (Å²) in [7, 11) is 0. The fourth-order valence-electron chi connectivity index (χ4n) is 4.59. The number of amides is 2. The zero-order valence-corrected chi connectivity index (χ0v) is 18.8. The Kier molecular flexibility index (Phi) is 6.96. The first-order valence-corrected chi connectivity index (χ1v) is 11.6. The summed E-state index contributed by atoms with van der Waals surface area (Å²) in [6, 6.07) is 15.5. The third-order valence-electron chi connectivity index (χ3n) is 6.58. The molecule has 3 N–H and O–H groups in total. The highest BCUT2D eigenvalue weighted by atomic mass is 16.5. The number of unbranched alkanes of at least 4 members (excludes halogenated alkanes) is 1. The lowest BCUT2D eigenvalue weighted by molar-refractivity contribution is -0.139. The zero-order valence-electron chi connectivity index (χ0n) is 18.8. The molecule has 2 amide bonds. The molecule has 7 nitrogen and oxygen atoms in total. The van der Waals surface area contributed by atoms with Crippen molar-refractivity contribution in [1.82, 2.24) is 10.6 Å². The number of hydrogen-bond acceptors (Lipinski definition) is 4. The fourth-order valence-corrected chi connectivity index (χ4v) is 4.59. The molecule has 2 aromatic carbocycles. The minimum Gasteiger partial charge on any atom is -0.481 e. The molecule has 0 saturated heterocycles. The first kappa shape index (κ1) is 22.8. The van der Waals surface area contributed by atoms with E-state index >= 15 is 0 Å². The van der Waals surface area contributed by atoms with Gasteiger partial charge in [0.05, 0.1) is 5.92 Å². The third-order valence-corrected chi connectivity index (χ3v) is 6.58. The van der Waals surface area contributed by atoms with E-state index in [0.29, 0.717) is 19.4 Å². The van der Waals surface area contributed by atoms with Crippen LogP contribution in [0.5, 0.6) is 0 Å². The quantitative estimate of drug-likeness (QED) is 0.509. The molecule has 4 rings (SSSR count). The maximum absolute atomic E-state index is 12.7. The van der Waals surface area contributed by atoms with Gasteiger partial charge in [-0.05, 0) is 41.0 Å². The van der Waals surface area contributed by atoms with Crippen LogP contribution in [-0.4, -0.2) is 42.3 Å². The number of carbonyl (C=O) groups excluding carboxylic acids is 2. The zero-order chi connectivity index (χ0) is 23.4. The molecule has 2 aliphatic rings. The molecule has 0 radical (unpaired) electrons.